The molecule has 5 nitrogen and oxygen atoms in total. The van der Waals surface area contributed by atoms with Gasteiger partial charge in [0.15, 0.2) is 0 Å². The second-order valence-corrected chi connectivity index (χ2v) is 5.49. The van der Waals surface area contributed by atoms with Gasteiger partial charge in [0.05, 0.1) is 36.1 Å². The van der Waals surface area contributed by atoms with Crippen molar-refractivity contribution in [3.63, 3.8) is 0 Å². The number of hydrogen-bond donors (Lipinski definition) is 1. The Kier molecular flexibility index (Phi) is 5.99. The predicted octanol–water partition coefficient (Wildman–Crippen LogP) is 2.01. The van der Waals surface area contributed by atoms with Gasteiger partial charge in [0, 0.05) is 20.2 Å². The maximum atomic E-state index is 12.2. The van der Waals surface area contributed by atoms with Gasteiger partial charge < -0.3 is 14.8 Å². The molecule has 6 heteroatoms. The number of hydrogen-bond acceptors (Lipinski definition) is 4. The van der Waals surface area contributed by atoms with Crippen molar-refractivity contribution >= 4 is 23.2 Å². The summed E-state index contributed by atoms with van der Waals surface area (Å²) in [6, 6.07) is 7.02. The average molecular weight is 313 g/mol. The van der Waals surface area contributed by atoms with Gasteiger partial charge in [-0.1, -0.05) is 23.7 Å². The van der Waals surface area contributed by atoms with E-state index in [4.69, 9.17) is 21.1 Å². The van der Waals surface area contributed by atoms with Crippen LogP contribution in [0.5, 0.6) is 0 Å². The number of ether oxygens (including phenoxy) is 2. The molecule has 1 aromatic carbocycles. The quantitative estimate of drug-likeness (QED) is 0.783. The molecule has 0 saturated carbocycles. The summed E-state index contributed by atoms with van der Waals surface area (Å²) in [4.78, 5) is 14.3. The van der Waals surface area contributed by atoms with Crippen molar-refractivity contribution < 1.29 is 14.3 Å². The number of methoxy groups -OCH3 is 1. The van der Waals surface area contributed by atoms with Crippen LogP contribution >= 0.6 is 11.6 Å². The lowest BCUT2D eigenvalue weighted by Crippen LogP contribution is -2.58. The smallest absolute Gasteiger partial charge is 0.241 e. The molecule has 1 heterocycles. The Bertz CT molecular complexity index is 478. The molecule has 1 aromatic rings. The van der Waals surface area contributed by atoms with Crippen molar-refractivity contribution in [2.24, 2.45) is 0 Å². The van der Waals surface area contributed by atoms with Crippen molar-refractivity contribution in [3.05, 3.63) is 29.3 Å². The van der Waals surface area contributed by atoms with E-state index in [0.29, 0.717) is 23.9 Å². The number of amides is 1. The molecule has 1 amide bonds. The fourth-order valence-electron chi connectivity index (χ4n) is 2.15. The number of nitrogens with zero attached hydrogens (tertiary/aromatic N) is 1. The van der Waals surface area contributed by atoms with Crippen LogP contribution in [0.3, 0.4) is 0 Å². The highest BCUT2D eigenvalue weighted by molar-refractivity contribution is 6.33. The van der Waals surface area contributed by atoms with Crippen LogP contribution in [0.1, 0.15) is 6.92 Å². The number of likely N-dealkylation sites (tertiary alicyclic amines) is 1. The fourth-order valence-corrected chi connectivity index (χ4v) is 2.34. The van der Waals surface area contributed by atoms with Crippen molar-refractivity contribution in [1.82, 2.24) is 4.90 Å². The molecule has 1 fully saturated rings. The number of anilines is 1. The molecular weight excluding hydrogens is 292 g/mol. The first-order valence-electron chi connectivity index (χ1n) is 7.01. The summed E-state index contributed by atoms with van der Waals surface area (Å²) in [6.07, 6.45) is 0.190. The van der Waals surface area contributed by atoms with Gasteiger partial charge in [-0.3, -0.25) is 9.69 Å². The lowest BCUT2D eigenvalue weighted by molar-refractivity contribution is -0.128. The van der Waals surface area contributed by atoms with Crippen molar-refractivity contribution in [2.45, 2.75) is 19.1 Å². The fraction of sp³-hybridized carbons (Fsp3) is 0.533. The van der Waals surface area contributed by atoms with E-state index < -0.39 is 0 Å². The van der Waals surface area contributed by atoms with Gasteiger partial charge in [0.25, 0.3) is 0 Å². The Hall–Kier alpha value is -1.14. The third kappa shape index (κ3) is 4.41. The Morgan fingerprint density at radius 2 is 2.14 bits per heavy atom. The number of halogens is 1. The summed E-state index contributed by atoms with van der Waals surface area (Å²) in [7, 11) is 1.65. The third-order valence-corrected chi connectivity index (χ3v) is 3.91. The van der Waals surface area contributed by atoms with Crippen LogP contribution in [-0.2, 0) is 14.3 Å². The molecule has 116 valence electrons. The molecule has 0 spiro atoms. The zero-order valence-electron chi connectivity index (χ0n) is 12.3. The first-order chi connectivity index (χ1) is 10.1. The molecule has 0 aromatic heterocycles. The van der Waals surface area contributed by atoms with E-state index >= 15 is 0 Å². The van der Waals surface area contributed by atoms with E-state index in [-0.39, 0.29) is 18.1 Å². The van der Waals surface area contributed by atoms with Crippen LogP contribution in [0.2, 0.25) is 5.02 Å². The minimum Gasteiger partial charge on any atom is -0.382 e. The molecule has 21 heavy (non-hydrogen) atoms. The minimum absolute atomic E-state index is 0.0570. The number of carbonyl (C=O) groups is 1. The molecule has 2 rings (SSSR count). The van der Waals surface area contributed by atoms with Crippen LogP contribution < -0.4 is 5.32 Å². The topological polar surface area (TPSA) is 50.8 Å². The van der Waals surface area contributed by atoms with Crippen molar-refractivity contribution in [1.29, 1.82) is 0 Å². The molecule has 0 bridgehead atoms. The van der Waals surface area contributed by atoms with E-state index in [0.717, 1.165) is 13.1 Å². The Labute approximate surface area is 130 Å². The average Bonchev–Trinajstić information content (AvgIpc) is 2.43. The Morgan fingerprint density at radius 3 is 2.81 bits per heavy atom. The first kappa shape index (κ1) is 16.2. The van der Waals surface area contributed by atoms with Gasteiger partial charge in [0.1, 0.15) is 0 Å². The number of para-hydroxylation sites is 1. The molecule has 0 radical (unpaired) electrons. The summed E-state index contributed by atoms with van der Waals surface area (Å²) in [5, 5.41) is 3.40. The molecule has 1 aliphatic heterocycles. The normalized spacial score (nSPS) is 17.3. The summed E-state index contributed by atoms with van der Waals surface area (Å²) in [6.45, 7) is 4.60. The number of carbonyl (C=O) groups excluding carboxylic acids is 1. The van der Waals surface area contributed by atoms with Gasteiger partial charge in [-0.25, -0.2) is 0 Å². The first-order valence-corrected chi connectivity index (χ1v) is 7.39. The van der Waals surface area contributed by atoms with Gasteiger partial charge in [0.2, 0.25) is 5.91 Å². The molecule has 0 aliphatic carbocycles. The van der Waals surface area contributed by atoms with E-state index in [2.05, 4.69) is 10.2 Å². The molecular formula is C15H21ClN2O3. The maximum Gasteiger partial charge on any atom is 0.241 e. The number of rotatable bonds is 7. The van der Waals surface area contributed by atoms with Gasteiger partial charge in [-0.2, -0.15) is 0 Å². The zero-order chi connectivity index (χ0) is 15.2. The molecule has 1 aliphatic rings. The van der Waals surface area contributed by atoms with Crippen LogP contribution in [0.25, 0.3) is 0 Å². The summed E-state index contributed by atoms with van der Waals surface area (Å²) >= 11 is 6.03. The van der Waals surface area contributed by atoms with Crippen LogP contribution in [0, 0.1) is 0 Å². The molecule has 1 atom stereocenters. The van der Waals surface area contributed by atoms with Crippen molar-refractivity contribution in [2.75, 3.05) is 38.7 Å². The standard InChI is InChI=1S/C15H21ClN2O3/c1-11(18-9-12(10-18)21-8-7-20-2)15(19)17-14-6-4-3-5-13(14)16/h3-6,11-12H,7-10H2,1-2H3,(H,17,19). The molecule has 1 N–H and O–H groups in total. The van der Waals surface area contributed by atoms with Crippen LogP contribution in [0.4, 0.5) is 5.69 Å². The van der Waals surface area contributed by atoms with E-state index in [1.807, 2.05) is 19.1 Å². The highest BCUT2D eigenvalue weighted by atomic mass is 35.5. The Balaban J connectivity index is 1.76. The second kappa shape index (κ2) is 7.75. The van der Waals surface area contributed by atoms with E-state index in [1.165, 1.54) is 0 Å². The minimum atomic E-state index is -0.205. The monoisotopic (exact) mass is 312 g/mol. The lowest BCUT2D eigenvalue weighted by Gasteiger charge is -2.42. The number of nitrogens with one attached hydrogen (secondary N) is 1. The molecule has 1 unspecified atom stereocenters. The van der Waals surface area contributed by atoms with Crippen LogP contribution in [0.15, 0.2) is 24.3 Å². The summed E-state index contributed by atoms with van der Waals surface area (Å²) < 4.78 is 10.5. The number of benzene rings is 1. The van der Waals surface area contributed by atoms with Gasteiger partial charge >= 0.3 is 0 Å². The lowest BCUT2D eigenvalue weighted by atomic mass is 10.1. The highest BCUT2D eigenvalue weighted by Crippen LogP contribution is 2.22. The second-order valence-electron chi connectivity index (χ2n) is 5.08. The Morgan fingerprint density at radius 1 is 1.43 bits per heavy atom. The van der Waals surface area contributed by atoms with Crippen molar-refractivity contribution in [3.8, 4) is 0 Å². The molecule has 1 saturated heterocycles. The van der Waals surface area contributed by atoms with E-state index in [1.54, 1.807) is 19.2 Å². The largest absolute Gasteiger partial charge is 0.382 e. The predicted molar refractivity (Wildman–Crippen MR) is 82.7 cm³/mol. The summed E-state index contributed by atoms with van der Waals surface area (Å²) in [5.74, 6) is -0.0570. The maximum absolute atomic E-state index is 12.2. The SMILES string of the molecule is COCCOC1CN(C(C)C(=O)Nc2ccccc2Cl)C1. The van der Waals surface area contributed by atoms with Crippen LogP contribution in [-0.4, -0.2) is 56.4 Å². The summed E-state index contributed by atoms with van der Waals surface area (Å²) in [5.41, 5.74) is 0.643. The zero-order valence-corrected chi connectivity index (χ0v) is 13.1. The highest BCUT2D eigenvalue weighted by Gasteiger charge is 2.34. The van der Waals surface area contributed by atoms with Gasteiger partial charge in [-0.15, -0.1) is 0 Å². The third-order valence-electron chi connectivity index (χ3n) is 3.58. The van der Waals surface area contributed by atoms with Gasteiger partial charge in [-0.05, 0) is 19.1 Å². The van der Waals surface area contributed by atoms with E-state index in [9.17, 15) is 4.79 Å².